The molecule has 31 heavy (non-hydrogen) atoms. The van der Waals surface area contributed by atoms with Crippen molar-refractivity contribution in [1.29, 1.82) is 0 Å². The van der Waals surface area contributed by atoms with E-state index in [0.717, 1.165) is 42.2 Å². The van der Waals surface area contributed by atoms with Crippen molar-refractivity contribution in [3.05, 3.63) is 78.4 Å². The number of hydrogen-bond acceptors (Lipinski definition) is 5. The van der Waals surface area contributed by atoms with Crippen molar-refractivity contribution in [2.75, 3.05) is 24.2 Å². The number of nitrogens with one attached hydrogen (secondary N) is 1. The molecule has 1 saturated heterocycles. The summed E-state index contributed by atoms with van der Waals surface area (Å²) in [5, 5.41) is 4.76. The number of pyridine rings is 1. The molecule has 5 heterocycles. The fourth-order valence-electron chi connectivity index (χ4n) is 4.95. The van der Waals surface area contributed by atoms with Gasteiger partial charge in [0, 0.05) is 48.7 Å². The van der Waals surface area contributed by atoms with Gasteiger partial charge < -0.3 is 14.8 Å². The van der Waals surface area contributed by atoms with Gasteiger partial charge in [0.1, 0.15) is 6.04 Å². The summed E-state index contributed by atoms with van der Waals surface area (Å²) in [6.07, 6.45) is 7.45. The lowest BCUT2D eigenvalue weighted by atomic mass is 9.82. The van der Waals surface area contributed by atoms with Crippen molar-refractivity contribution in [2.24, 2.45) is 4.99 Å². The summed E-state index contributed by atoms with van der Waals surface area (Å²) in [4.78, 5) is 24.0. The lowest BCUT2D eigenvalue weighted by Gasteiger charge is -2.46. The number of anilines is 1. The number of aliphatic imine (C=N–C) groups is 1. The van der Waals surface area contributed by atoms with Crippen molar-refractivity contribution >= 4 is 28.4 Å². The molecule has 3 aliphatic heterocycles. The van der Waals surface area contributed by atoms with Gasteiger partial charge in [0.05, 0.1) is 22.0 Å². The van der Waals surface area contributed by atoms with E-state index in [-0.39, 0.29) is 17.5 Å². The topological polar surface area (TPSA) is 62.5 Å². The summed E-state index contributed by atoms with van der Waals surface area (Å²) < 4.78 is 2.29. The first kappa shape index (κ1) is 18.7. The number of para-hydroxylation sites is 2. The summed E-state index contributed by atoms with van der Waals surface area (Å²) in [5.41, 5.74) is 4.54. The molecular formula is C24H23N5OS. The number of carbonyl (C=O) groups is 1. The standard InChI is InChI=1S/C24H23N5OS/c30-23(19-16-31-22(26-19)17-7-11-25-12-8-17)28-14-9-24(10-15-28)21-6-3-13-29(21)20-5-2-1-4-18(20)27-24/h1-8,11-13,19,27H,9-10,14-16H2. The molecule has 1 unspecified atom stereocenters. The lowest BCUT2D eigenvalue weighted by Crippen LogP contribution is -2.52. The zero-order valence-corrected chi connectivity index (χ0v) is 17.9. The fourth-order valence-corrected chi connectivity index (χ4v) is 5.98. The van der Waals surface area contributed by atoms with Crippen LogP contribution in [0.3, 0.4) is 0 Å². The summed E-state index contributed by atoms with van der Waals surface area (Å²) >= 11 is 1.66. The lowest BCUT2D eigenvalue weighted by molar-refractivity contribution is -0.133. The molecular weight excluding hydrogens is 406 g/mol. The van der Waals surface area contributed by atoms with Crippen LogP contribution >= 0.6 is 11.8 Å². The van der Waals surface area contributed by atoms with Gasteiger partial charge in [-0.25, -0.2) is 0 Å². The highest BCUT2D eigenvalue weighted by Crippen LogP contribution is 2.43. The van der Waals surface area contributed by atoms with Crippen molar-refractivity contribution in [3.63, 3.8) is 0 Å². The Hall–Kier alpha value is -3.06. The van der Waals surface area contributed by atoms with Crippen LogP contribution in [-0.2, 0) is 10.3 Å². The van der Waals surface area contributed by atoms with E-state index in [1.54, 1.807) is 24.2 Å². The quantitative estimate of drug-likeness (QED) is 0.675. The van der Waals surface area contributed by atoms with Crippen molar-refractivity contribution in [3.8, 4) is 5.69 Å². The highest BCUT2D eigenvalue weighted by Gasteiger charge is 2.43. The maximum atomic E-state index is 13.2. The number of likely N-dealkylation sites (tertiary alicyclic amines) is 1. The molecule has 2 aromatic heterocycles. The van der Waals surface area contributed by atoms with E-state index in [9.17, 15) is 4.79 Å². The maximum absolute atomic E-state index is 13.2. The van der Waals surface area contributed by atoms with Crippen LogP contribution in [0.5, 0.6) is 0 Å². The SMILES string of the molecule is O=C(C1CSC(c2ccncc2)=N1)N1CCC2(CC1)Nc1ccccc1-n1cccc12. The first-order valence-electron chi connectivity index (χ1n) is 10.7. The van der Waals surface area contributed by atoms with E-state index in [1.807, 2.05) is 17.0 Å². The number of rotatable bonds is 2. The van der Waals surface area contributed by atoms with E-state index in [1.165, 1.54) is 11.4 Å². The van der Waals surface area contributed by atoms with Gasteiger partial charge in [-0.3, -0.25) is 14.8 Å². The van der Waals surface area contributed by atoms with Crippen molar-refractivity contribution < 1.29 is 4.79 Å². The molecule has 1 aromatic carbocycles. The van der Waals surface area contributed by atoms with E-state index in [0.29, 0.717) is 5.75 Å². The predicted molar refractivity (Wildman–Crippen MR) is 124 cm³/mol. The molecule has 3 aliphatic rings. The molecule has 0 saturated carbocycles. The van der Waals surface area contributed by atoms with E-state index >= 15 is 0 Å². The Morgan fingerprint density at radius 3 is 2.71 bits per heavy atom. The Bertz CT molecular complexity index is 1160. The van der Waals surface area contributed by atoms with Crippen LogP contribution < -0.4 is 5.32 Å². The largest absolute Gasteiger partial charge is 0.372 e. The number of thioether (sulfide) groups is 1. The molecule has 6 nitrogen and oxygen atoms in total. The van der Waals surface area contributed by atoms with Gasteiger partial charge >= 0.3 is 0 Å². The Morgan fingerprint density at radius 1 is 1.06 bits per heavy atom. The smallest absolute Gasteiger partial charge is 0.248 e. The normalized spacial score (nSPS) is 21.2. The van der Waals surface area contributed by atoms with Crippen LogP contribution in [0.1, 0.15) is 24.1 Å². The van der Waals surface area contributed by atoms with Gasteiger partial charge in [-0.2, -0.15) is 0 Å². The Kier molecular flexibility index (Phi) is 4.38. The van der Waals surface area contributed by atoms with Crippen LogP contribution in [0.15, 0.2) is 72.1 Å². The number of fused-ring (bicyclic) bond motifs is 4. The molecule has 6 rings (SSSR count). The van der Waals surface area contributed by atoms with Gasteiger partial charge in [0.25, 0.3) is 0 Å². The van der Waals surface area contributed by atoms with Gasteiger partial charge in [0.15, 0.2) is 0 Å². The second-order valence-corrected chi connectivity index (χ2v) is 9.32. The summed E-state index contributed by atoms with van der Waals surface area (Å²) in [6, 6.07) is 16.4. The van der Waals surface area contributed by atoms with Gasteiger partial charge in [-0.1, -0.05) is 12.1 Å². The third kappa shape index (κ3) is 3.07. The van der Waals surface area contributed by atoms with Gasteiger partial charge in [0.2, 0.25) is 5.91 Å². The monoisotopic (exact) mass is 429 g/mol. The maximum Gasteiger partial charge on any atom is 0.248 e. The molecule has 1 N–H and O–H groups in total. The number of hydrogen-bond donors (Lipinski definition) is 1. The van der Waals surface area contributed by atoms with Crippen LogP contribution in [0, 0.1) is 0 Å². The fraction of sp³-hybridized carbons (Fsp3) is 0.292. The Morgan fingerprint density at radius 2 is 1.87 bits per heavy atom. The van der Waals surface area contributed by atoms with Gasteiger partial charge in [-0.05, 0) is 49.2 Å². The number of aromatic nitrogens is 2. The Labute approximate surface area is 185 Å². The van der Waals surface area contributed by atoms with Crippen LogP contribution in [-0.4, -0.2) is 50.3 Å². The first-order chi connectivity index (χ1) is 15.2. The molecule has 3 aromatic rings. The van der Waals surface area contributed by atoms with Crippen molar-refractivity contribution in [1.82, 2.24) is 14.5 Å². The number of carbonyl (C=O) groups excluding carboxylic acids is 1. The highest BCUT2D eigenvalue weighted by atomic mass is 32.2. The molecule has 0 aliphatic carbocycles. The average Bonchev–Trinajstić information content (AvgIpc) is 3.51. The summed E-state index contributed by atoms with van der Waals surface area (Å²) in [6.45, 7) is 1.47. The molecule has 1 amide bonds. The average molecular weight is 430 g/mol. The molecule has 156 valence electrons. The number of nitrogens with zero attached hydrogens (tertiary/aromatic N) is 4. The van der Waals surface area contributed by atoms with Gasteiger partial charge in [-0.15, -0.1) is 11.8 Å². The second kappa shape index (κ2) is 7.27. The first-order valence-corrected chi connectivity index (χ1v) is 11.7. The van der Waals surface area contributed by atoms with E-state index < -0.39 is 0 Å². The number of piperidine rings is 1. The minimum Gasteiger partial charge on any atom is -0.372 e. The van der Waals surface area contributed by atoms with Crippen molar-refractivity contribution in [2.45, 2.75) is 24.4 Å². The third-order valence-electron chi connectivity index (χ3n) is 6.57. The van der Waals surface area contributed by atoms with Crippen LogP contribution in [0.2, 0.25) is 0 Å². The third-order valence-corrected chi connectivity index (χ3v) is 7.67. The molecule has 0 radical (unpaired) electrons. The second-order valence-electron chi connectivity index (χ2n) is 8.31. The number of amides is 1. The van der Waals surface area contributed by atoms with Crippen LogP contribution in [0.4, 0.5) is 5.69 Å². The molecule has 1 atom stereocenters. The zero-order chi connectivity index (χ0) is 20.8. The van der Waals surface area contributed by atoms with E-state index in [2.05, 4.69) is 57.5 Å². The highest BCUT2D eigenvalue weighted by molar-refractivity contribution is 8.14. The zero-order valence-electron chi connectivity index (χ0n) is 17.1. The molecule has 1 spiro atoms. The summed E-state index contributed by atoms with van der Waals surface area (Å²) in [5.74, 6) is 0.866. The summed E-state index contributed by atoms with van der Waals surface area (Å²) in [7, 11) is 0. The molecule has 1 fully saturated rings. The Balaban J connectivity index is 1.19. The molecule has 7 heteroatoms. The minimum absolute atomic E-state index is 0.134. The predicted octanol–water partition coefficient (Wildman–Crippen LogP) is 3.68. The number of benzene rings is 1. The molecule has 0 bridgehead atoms. The minimum atomic E-state index is -0.286. The van der Waals surface area contributed by atoms with Crippen LogP contribution in [0.25, 0.3) is 5.69 Å². The van der Waals surface area contributed by atoms with E-state index in [4.69, 9.17) is 4.99 Å².